The summed E-state index contributed by atoms with van der Waals surface area (Å²) in [7, 11) is 0. The number of benzene rings is 3. The van der Waals surface area contributed by atoms with Gasteiger partial charge < -0.3 is 20.6 Å². The van der Waals surface area contributed by atoms with Crippen LogP contribution in [0.4, 0.5) is 17.1 Å². The minimum absolute atomic E-state index is 0.0352. The van der Waals surface area contributed by atoms with Crippen molar-refractivity contribution in [2.45, 2.75) is 98.4 Å². The largest absolute Gasteiger partial charge is 0.391 e. The number of fused-ring (bicyclic) bond motifs is 5. The number of anilines is 1. The summed E-state index contributed by atoms with van der Waals surface area (Å²) >= 11 is 7.93. The molecular weight excluding hydrogens is 798 g/mol. The molecule has 0 radical (unpaired) electrons. The van der Waals surface area contributed by atoms with Gasteiger partial charge in [0.2, 0.25) is 11.8 Å². The van der Waals surface area contributed by atoms with Gasteiger partial charge in [-0.25, -0.2) is 0 Å². The molecule has 4 atom stereocenters. The van der Waals surface area contributed by atoms with Crippen LogP contribution in [0, 0.1) is 26.2 Å². The number of aryl methyl sites for hydroxylation is 4. The highest BCUT2D eigenvalue weighted by molar-refractivity contribution is 7.15. The Morgan fingerprint density at radius 3 is 2.40 bits per heavy atom. The number of halogens is 1. The Bertz CT molecular complexity index is 2590. The Morgan fingerprint density at radius 1 is 0.950 bits per heavy atom. The van der Waals surface area contributed by atoms with Crippen LogP contribution in [0.5, 0.6) is 0 Å². The van der Waals surface area contributed by atoms with E-state index in [1.807, 2.05) is 81.7 Å². The molecule has 2 aromatic heterocycles. The molecule has 5 heterocycles. The second-order valence-electron chi connectivity index (χ2n) is 17.0. The van der Waals surface area contributed by atoms with Crippen molar-refractivity contribution < 1.29 is 19.5 Å². The summed E-state index contributed by atoms with van der Waals surface area (Å²) in [5.41, 5.74) is 7.30. The molecule has 3 aliphatic rings. The third-order valence-electron chi connectivity index (χ3n) is 11.6. The maximum atomic E-state index is 13.9. The van der Waals surface area contributed by atoms with E-state index in [1.165, 1.54) is 4.88 Å². The van der Waals surface area contributed by atoms with Crippen LogP contribution in [0.15, 0.2) is 75.9 Å². The summed E-state index contributed by atoms with van der Waals surface area (Å²) in [5.74, 6) is 0.505. The molecule has 3 amide bonds. The van der Waals surface area contributed by atoms with E-state index in [2.05, 4.69) is 44.9 Å². The summed E-state index contributed by atoms with van der Waals surface area (Å²) in [4.78, 5) is 49.2. The fourth-order valence-corrected chi connectivity index (χ4v) is 9.55. The van der Waals surface area contributed by atoms with E-state index in [0.29, 0.717) is 52.7 Å². The second kappa shape index (κ2) is 16.1. The first-order valence-electron chi connectivity index (χ1n) is 20.2. The number of β-amino-alcohol motifs (C(OH)–C–C–N with tert-alkyl or cyclic N) is 1. The molecule has 60 heavy (non-hydrogen) atoms. The van der Waals surface area contributed by atoms with Gasteiger partial charge in [-0.15, -0.1) is 21.5 Å². The zero-order valence-corrected chi connectivity index (χ0v) is 36.3. The van der Waals surface area contributed by atoms with Crippen LogP contribution in [0.1, 0.15) is 101 Å². The number of carbonyl (C=O) groups excluding carboxylic acids is 3. The van der Waals surface area contributed by atoms with Gasteiger partial charge in [0.1, 0.15) is 22.9 Å². The maximum Gasteiger partial charge on any atom is 0.252 e. The molecule has 0 aliphatic carbocycles. The van der Waals surface area contributed by atoms with Crippen molar-refractivity contribution in [1.82, 2.24) is 25.0 Å². The molecule has 3 N–H and O–H groups in total. The highest BCUT2D eigenvalue weighted by atomic mass is 35.5. The number of carbonyl (C=O) groups is 3. The first-order chi connectivity index (χ1) is 28.5. The number of aliphatic hydroxyl groups is 1. The second-order valence-corrected chi connectivity index (χ2v) is 18.7. The van der Waals surface area contributed by atoms with Gasteiger partial charge in [-0.05, 0) is 112 Å². The standard InChI is InChI=1S/C45H48ClN9O4S/c1-23-18-33(56)22-54(23)43(59)40(45(5,6)7)49-42(58)30-11-9-27-8-10-29-19-32(16-17-34(29)51-52-35(27)20-30)47-37(57)21-36-41-53-50-26(4)55(41)44-38(24(2)25(3)60-44)39(48-36)28-12-14-31(46)15-13-28/h9,11-17,19-20,23,33,36,40,56H,8,10,18,21-22H2,1-7H3,(H,47,57)(H,49,58)/t23-,33-,36+,40-/m1/s1. The number of likely N-dealkylation sites (tertiary alicyclic amines) is 1. The van der Waals surface area contributed by atoms with Crippen molar-refractivity contribution in [2.24, 2.45) is 20.6 Å². The zero-order chi connectivity index (χ0) is 42.6. The fourth-order valence-electron chi connectivity index (χ4n) is 8.21. The average Bonchev–Trinajstić information content (AvgIpc) is 3.81. The first kappa shape index (κ1) is 41.2. The van der Waals surface area contributed by atoms with Gasteiger partial charge in [0.05, 0.1) is 29.6 Å². The van der Waals surface area contributed by atoms with Gasteiger partial charge >= 0.3 is 0 Å². The Hall–Kier alpha value is -5.57. The van der Waals surface area contributed by atoms with E-state index in [-0.39, 0.29) is 36.7 Å². The molecule has 310 valence electrons. The van der Waals surface area contributed by atoms with Crippen LogP contribution in [-0.2, 0) is 22.4 Å². The van der Waals surface area contributed by atoms with Crippen molar-refractivity contribution in [3.8, 4) is 5.00 Å². The van der Waals surface area contributed by atoms with Crippen LogP contribution < -0.4 is 10.6 Å². The van der Waals surface area contributed by atoms with E-state index in [9.17, 15) is 19.5 Å². The number of aromatic nitrogens is 3. The lowest BCUT2D eigenvalue weighted by atomic mass is 9.85. The van der Waals surface area contributed by atoms with E-state index in [4.69, 9.17) is 16.6 Å². The van der Waals surface area contributed by atoms with Crippen LogP contribution in [0.3, 0.4) is 0 Å². The molecule has 1 saturated heterocycles. The minimum atomic E-state index is -0.790. The van der Waals surface area contributed by atoms with Gasteiger partial charge in [-0.3, -0.25) is 23.9 Å². The minimum Gasteiger partial charge on any atom is -0.391 e. The topological polar surface area (TPSA) is 167 Å². The van der Waals surface area contributed by atoms with E-state index in [0.717, 1.165) is 44.4 Å². The molecular formula is C45H48ClN9O4S. The van der Waals surface area contributed by atoms with Gasteiger partial charge in [0.25, 0.3) is 5.91 Å². The number of thiophene rings is 1. The van der Waals surface area contributed by atoms with Crippen molar-refractivity contribution in [2.75, 3.05) is 11.9 Å². The van der Waals surface area contributed by atoms with Crippen molar-refractivity contribution in [1.29, 1.82) is 0 Å². The number of azo groups is 1. The smallest absolute Gasteiger partial charge is 0.252 e. The molecule has 3 aromatic carbocycles. The number of aliphatic imine (C=N–C) groups is 1. The van der Waals surface area contributed by atoms with Crippen LogP contribution in [-0.4, -0.2) is 72.9 Å². The number of hydrogen-bond donors (Lipinski definition) is 3. The van der Waals surface area contributed by atoms with Crippen LogP contribution in [0.2, 0.25) is 5.02 Å². The van der Waals surface area contributed by atoms with Crippen molar-refractivity contribution >= 4 is 63.4 Å². The molecule has 8 rings (SSSR count). The van der Waals surface area contributed by atoms with Crippen molar-refractivity contribution in [3.05, 3.63) is 116 Å². The van der Waals surface area contributed by atoms with Crippen molar-refractivity contribution in [3.63, 3.8) is 0 Å². The number of aliphatic hydroxyl groups excluding tert-OH is 1. The maximum absolute atomic E-state index is 13.9. The lowest BCUT2D eigenvalue weighted by molar-refractivity contribution is -0.136. The number of amides is 3. The molecule has 1 fully saturated rings. The lowest BCUT2D eigenvalue weighted by Crippen LogP contribution is -2.55. The highest BCUT2D eigenvalue weighted by Crippen LogP contribution is 2.40. The van der Waals surface area contributed by atoms with Crippen LogP contribution in [0.25, 0.3) is 5.00 Å². The summed E-state index contributed by atoms with van der Waals surface area (Å²) < 4.78 is 2.03. The zero-order valence-electron chi connectivity index (χ0n) is 34.7. The highest BCUT2D eigenvalue weighted by Gasteiger charge is 2.41. The third kappa shape index (κ3) is 8.03. The molecule has 0 spiro atoms. The quantitative estimate of drug-likeness (QED) is 0.149. The summed E-state index contributed by atoms with van der Waals surface area (Å²) in [6.45, 7) is 14.0. The van der Waals surface area contributed by atoms with Gasteiger partial charge in [-0.2, -0.15) is 10.2 Å². The summed E-state index contributed by atoms with van der Waals surface area (Å²) in [6.07, 6.45) is 1.22. The van der Waals surface area contributed by atoms with Gasteiger partial charge in [0.15, 0.2) is 5.82 Å². The number of nitrogens with one attached hydrogen (secondary N) is 2. The number of hydrogen-bond acceptors (Lipinski definition) is 10. The number of rotatable bonds is 7. The SMILES string of the molecule is Cc1sc2c(c1C)C(c1ccc(Cl)cc1)=N[C@@H](CC(=O)Nc1ccc3c(c1)CCc1ccc(C(=O)N[C@H](C(=O)N4C[C@H](O)C[C@H]4C)C(C)(C)C)cc1N=N3)c1nnc(C)n1-2. The van der Waals surface area contributed by atoms with E-state index >= 15 is 0 Å². The fraction of sp³-hybridized carbons (Fsp3) is 0.378. The molecule has 0 saturated carbocycles. The predicted octanol–water partition coefficient (Wildman–Crippen LogP) is 8.47. The molecule has 3 aliphatic heterocycles. The van der Waals surface area contributed by atoms with Gasteiger partial charge in [0, 0.05) is 44.9 Å². The molecule has 5 aromatic rings. The van der Waals surface area contributed by atoms with E-state index in [1.54, 1.807) is 34.4 Å². The molecule has 13 nitrogen and oxygen atoms in total. The Labute approximate surface area is 358 Å². The normalized spacial score (nSPS) is 18.9. The molecule has 0 bridgehead atoms. The number of nitrogens with zero attached hydrogens (tertiary/aromatic N) is 7. The first-order valence-corrected chi connectivity index (χ1v) is 21.4. The average molecular weight is 846 g/mol. The summed E-state index contributed by atoms with van der Waals surface area (Å²) in [5, 5.41) is 35.9. The Balaban J connectivity index is 0.996. The van der Waals surface area contributed by atoms with Gasteiger partial charge in [-0.1, -0.05) is 50.6 Å². The Kier molecular flexibility index (Phi) is 11.1. The monoisotopic (exact) mass is 845 g/mol. The van der Waals surface area contributed by atoms with E-state index < -0.39 is 23.6 Å². The van der Waals surface area contributed by atoms with Crippen LogP contribution >= 0.6 is 22.9 Å². The predicted molar refractivity (Wildman–Crippen MR) is 234 cm³/mol. The molecule has 15 heteroatoms. The third-order valence-corrected chi connectivity index (χ3v) is 13.0. The lowest BCUT2D eigenvalue weighted by Gasteiger charge is -2.35. The Morgan fingerprint density at radius 2 is 1.68 bits per heavy atom. The molecule has 0 unspecified atom stereocenters. The summed E-state index contributed by atoms with van der Waals surface area (Å²) in [6, 6.07) is 17.0.